The Morgan fingerprint density at radius 2 is 2.11 bits per heavy atom. The lowest BCUT2D eigenvalue weighted by atomic mass is 9.91. The molecule has 5 heteroatoms. The Bertz CT molecular complexity index is 481. The number of rotatable bonds is 2. The molecule has 1 amide bonds. The Balaban J connectivity index is 2.20. The van der Waals surface area contributed by atoms with Gasteiger partial charge in [-0.1, -0.05) is 28.8 Å². The highest BCUT2D eigenvalue weighted by atomic mass is 127. The molecule has 2 rings (SSSR count). The standard InChI is InChI=1S/C14H17BrINO2/c1-17(12-4-2-3-5-13(12)18)14(19)10-8-9(15)6-7-11(10)16/h6-8,12-13,18H,2-5H2,1H3. The number of likely N-dealkylation sites (N-methyl/N-ethyl adjacent to an activating group) is 1. The summed E-state index contributed by atoms with van der Waals surface area (Å²) in [5.74, 6) is -0.0170. The number of hydrogen-bond acceptors (Lipinski definition) is 2. The molecular weight excluding hydrogens is 421 g/mol. The van der Waals surface area contributed by atoms with Gasteiger partial charge in [-0.05, 0) is 53.6 Å². The Kier molecular flexibility index (Phi) is 5.25. The van der Waals surface area contributed by atoms with Crippen LogP contribution in [0, 0.1) is 3.57 Å². The van der Waals surface area contributed by atoms with E-state index in [0.29, 0.717) is 5.56 Å². The lowest BCUT2D eigenvalue weighted by Crippen LogP contribution is -2.46. The number of benzene rings is 1. The highest BCUT2D eigenvalue weighted by Crippen LogP contribution is 2.25. The van der Waals surface area contributed by atoms with E-state index in [0.717, 1.165) is 33.7 Å². The minimum Gasteiger partial charge on any atom is -0.391 e. The van der Waals surface area contributed by atoms with Crippen molar-refractivity contribution < 1.29 is 9.90 Å². The minimum atomic E-state index is -0.396. The lowest BCUT2D eigenvalue weighted by Gasteiger charge is -2.35. The highest BCUT2D eigenvalue weighted by Gasteiger charge is 2.30. The molecule has 1 saturated carbocycles. The molecule has 19 heavy (non-hydrogen) atoms. The fourth-order valence-electron chi connectivity index (χ4n) is 2.55. The highest BCUT2D eigenvalue weighted by molar-refractivity contribution is 14.1. The maximum atomic E-state index is 12.6. The molecule has 1 aromatic carbocycles. The summed E-state index contributed by atoms with van der Waals surface area (Å²) in [5, 5.41) is 10.1. The molecule has 1 fully saturated rings. The first-order valence-corrected chi connectivity index (χ1v) is 8.28. The molecule has 1 aliphatic carbocycles. The van der Waals surface area contributed by atoms with Gasteiger partial charge in [0.1, 0.15) is 0 Å². The van der Waals surface area contributed by atoms with Crippen LogP contribution in [0.25, 0.3) is 0 Å². The van der Waals surface area contributed by atoms with Crippen molar-refractivity contribution in [2.24, 2.45) is 0 Å². The second kappa shape index (κ2) is 6.54. The van der Waals surface area contributed by atoms with Crippen molar-refractivity contribution in [1.29, 1.82) is 0 Å². The van der Waals surface area contributed by atoms with E-state index in [9.17, 15) is 9.90 Å². The third kappa shape index (κ3) is 3.49. The van der Waals surface area contributed by atoms with E-state index < -0.39 is 6.10 Å². The van der Waals surface area contributed by atoms with Crippen molar-refractivity contribution in [1.82, 2.24) is 4.90 Å². The molecule has 1 aromatic rings. The van der Waals surface area contributed by atoms with E-state index in [2.05, 4.69) is 38.5 Å². The van der Waals surface area contributed by atoms with Crippen molar-refractivity contribution in [3.8, 4) is 0 Å². The van der Waals surface area contributed by atoms with Gasteiger partial charge in [0.15, 0.2) is 0 Å². The molecule has 0 aromatic heterocycles. The Hall–Kier alpha value is -0.140. The van der Waals surface area contributed by atoms with Gasteiger partial charge < -0.3 is 10.0 Å². The predicted molar refractivity (Wildman–Crippen MR) is 87.2 cm³/mol. The van der Waals surface area contributed by atoms with Crippen LogP contribution in [0.5, 0.6) is 0 Å². The van der Waals surface area contributed by atoms with Crippen LogP contribution in [0.2, 0.25) is 0 Å². The van der Waals surface area contributed by atoms with Gasteiger partial charge in [0, 0.05) is 15.1 Å². The maximum absolute atomic E-state index is 12.6. The van der Waals surface area contributed by atoms with E-state index in [1.807, 2.05) is 18.2 Å². The second-order valence-electron chi connectivity index (χ2n) is 4.96. The predicted octanol–water partition coefficient (Wildman–Crippen LogP) is 3.43. The van der Waals surface area contributed by atoms with Gasteiger partial charge in [-0.15, -0.1) is 0 Å². The Labute approximate surface area is 135 Å². The van der Waals surface area contributed by atoms with Gasteiger partial charge in [-0.25, -0.2) is 0 Å². The molecule has 1 N–H and O–H groups in total. The Morgan fingerprint density at radius 1 is 1.42 bits per heavy atom. The van der Waals surface area contributed by atoms with Crippen LogP contribution < -0.4 is 0 Å². The number of aliphatic hydroxyl groups is 1. The summed E-state index contributed by atoms with van der Waals surface area (Å²) < 4.78 is 1.83. The van der Waals surface area contributed by atoms with Crippen molar-refractivity contribution in [2.75, 3.05) is 7.05 Å². The summed E-state index contributed by atoms with van der Waals surface area (Å²) in [5.41, 5.74) is 0.690. The van der Waals surface area contributed by atoms with Gasteiger partial charge in [0.25, 0.3) is 5.91 Å². The zero-order chi connectivity index (χ0) is 14.0. The molecule has 1 aliphatic rings. The molecule has 3 nitrogen and oxygen atoms in total. The van der Waals surface area contributed by atoms with E-state index >= 15 is 0 Å². The van der Waals surface area contributed by atoms with Crippen LogP contribution in [0.1, 0.15) is 36.0 Å². The summed E-state index contributed by atoms with van der Waals surface area (Å²) >= 11 is 5.57. The molecular formula is C14H17BrINO2. The molecule has 2 unspecified atom stereocenters. The van der Waals surface area contributed by atoms with Crippen molar-refractivity contribution in [3.63, 3.8) is 0 Å². The van der Waals surface area contributed by atoms with Crippen molar-refractivity contribution >= 4 is 44.4 Å². The van der Waals surface area contributed by atoms with E-state index in [1.54, 1.807) is 11.9 Å². The van der Waals surface area contributed by atoms with E-state index in [1.165, 1.54) is 0 Å². The molecule has 0 saturated heterocycles. The van der Waals surface area contributed by atoms with Crippen LogP contribution >= 0.6 is 38.5 Å². The molecule has 0 heterocycles. The van der Waals surface area contributed by atoms with Gasteiger partial charge in [-0.3, -0.25) is 4.79 Å². The lowest BCUT2D eigenvalue weighted by molar-refractivity contribution is 0.0267. The number of aliphatic hydroxyl groups excluding tert-OH is 1. The average molecular weight is 438 g/mol. The van der Waals surface area contributed by atoms with Gasteiger partial charge in [0.2, 0.25) is 0 Å². The summed E-state index contributed by atoms with van der Waals surface area (Å²) in [4.78, 5) is 14.3. The van der Waals surface area contributed by atoms with E-state index in [4.69, 9.17) is 0 Å². The van der Waals surface area contributed by atoms with Crippen molar-refractivity contribution in [2.45, 2.75) is 37.8 Å². The van der Waals surface area contributed by atoms with E-state index in [-0.39, 0.29) is 11.9 Å². The molecule has 104 valence electrons. The van der Waals surface area contributed by atoms with Crippen LogP contribution in [0.3, 0.4) is 0 Å². The first kappa shape index (κ1) is 15.3. The van der Waals surface area contributed by atoms with Crippen LogP contribution in [0.15, 0.2) is 22.7 Å². The first-order valence-electron chi connectivity index (χ1n) is 6.41. The second-order valence-corrected chi connectivity index (χ2v) is 7.04. The Morgan fingerprint density at radius 3 is 2.79 bits per heavy atom. The first-order chi connectivity index (χ1) is 9.00. The molecule has 0 radical (unpaired) electrons. The van der Waals surface area contributed by atoms with Crippen molar-refractivity contribution in [3.05, 3.63) is 31.8 Å². The molecule has 0 spiro atoms. The summed E-state index contributed by atoms with van der Waals surface area (Å²) in [7, 11) is 1.79. The third-order valence-electron chi connectivity index (χ3n) is 3.67. The largest absolute Gasteiger partial charge is 0.391 e. The summed E-state index contributed by atoms with van der Waals surface area (Å²) in [6, 6.07) is 5.63. The monoisotopic (exact) mass is 437 g/mol. The fourth-order valence-corrected chi connectivity index (χ4v) is 3.47. The third-order valence-corrected chi connectivity index (χ3v) is 5.10. The molecule has 2 atom stereocenters. The van der Waals surface area contributed by atoms with Gasteiger partial charge >= 0.3 is 0 Å². The number of halogens is 2. The number of amides is 1. The van der Waals surface area contributed by atoms with Crippen LogP contribution in [0.4, 0.5) is 0 Å². The quantitative estimate of drug-likeness (QED) is 0.720. The molecule has 0 aliphatic heterocycles. The summed E-state index contributed by atoms with van der Waals surface area (Å²) in [6.07, 6.45) is 3.40. The SMILES string of the molecule is CN(C(=O)c1cc(Br)ccc1I)C1CCCCC1O. The van der Waals surface area contributed by atoms with Gasteiger partial charge in [-0.2, -0.15) is 0 Å². The number of nitrogens with zero attached hydrogens (tertiary/aromatic N) is 1. The normalized spacial score (nSPS) is 23.2. The van der Waals surface area contributed by atoms with Crippen LogP contribution in [-0.4, -0.2) is 35.1 Å². The summed E-state index contributed by atoms with van der Waals surface area (Å²) in [6.45, 7) is 0. The smallest absolute Gasteiger partial charge is 0.255 e. The topological polar surface area (TPSA) is 40.5 Å². The number of carbonyl (C=O) groups is 1. The molecule has 0 bridgehead atoms. The number of hydrogen-bond donors (Lipinski definition) is 1. The maximum Gasteiger partial charge on any atom is 0.255 e. The minimum absolute atomic E-state index is 0.0170. The van der Waals surface area contributed by atoms with Crippen LogP contribution in [-0.2, 0) is 0 Å². The van der Waals surface area contributed by atoms with Gasteiger partial charge in [0.05, 0.1) is 17.7 Å². The number of carbonyl (C=O) groups excluding carboxylic acids is 1. The average Bonchev–Trinajstić information content (AvgIpc) is 2.40. The zero-order valence-corrected chi connectivity index (χ0v) is 14.5. The fraction of sp³-hybridized carbons (Fsp3) is 0.500. The zero-order valence-electron chi connectivity index (χ0n) is 10.8.